The van der Waals surface area contributed by atoms with Crippen LogP contribution in [0.1, 0.15) is 37.4 Å². The van der Waals surface area contributed by atoms with Crippen molar-refractivity contribution >= 4 is 40.5 Å². The molecule has 0 radical (unpaired) electrons. The third kappa shape index (κ3) is 3.62. The van der Waals surface area contributed by atoms with Gasteiger partial charge in [0.1, 0.15) is 10.8 Å². The lowest BCUT2D eigenvalue weighted by Gasteiger charge is -2.28. The lowest BCUT2D eigenvalue weighted by atomic mass is 9.87. The second-order valence-electron chi connectivity index (χ2n) is 10.9. The summed E-state index contributed by atoms with van der Waals surface area (Å²) in [7, 11) is 0. The number of nitrogens with zero attached hydrogens (tertiary/aromatic N) is 4. The summed E-state index contributed by atoms with van der Waals surface area (Å²) in [5, 5.41) is 6.46. The summed E-state index contributed by atoms with van der Waals surface area (Å²) in [5.41, 5.74) is -3.69. The van der Waals surface area contributed by atoms with Crippen LogP contribution in [0.3, 0.4) is 0 Å². The van der Waals surface area contributed by atoms with Crippen LogP contribution < -0.4 is 10.2 Å². The molecular formula is C26H23ClF5N5O3. The van der Waals surface area contributed by atoms with Crippen LogP contribution in [0.25, 0.3) is 5.65 Å². The van der Waals surface area contributed by atoms with Gasteiger partial charge in [-0.25, -0.2) is 18.3 Å². The molecule has 6 rings (SSSR count). The largest absolute Gasteiger partial charge is 0.465 e. The number of carbonyl (C=O) groups is 2. The molecule has 2 aromatic heterocycles. The first-order valence-corrected chi connectivity index (χ1v) is 12.9. The van der Waals surface area contributed by atoms with Crippen LogP contribution >= 0.6 is 11.6 Å². The molecule has 1 saturated carbocycles. The van der Waals surface area contributed by atoms with Gasteiger partial charge in [0, 0.05) is 24.8 Å². The van der Waals surface area contributed by atoms with Crippen LogP contribution in [-0.4, -0.2) is 58.3 Å². The van der Waals surface area contributed by atoms with Crippen molar-refractivity contribution in [2.75, 3.05) is 24.6 Å². The summed E-state index contributed by atoms with van der Waals surface area (Å²) in [4.78, 5) is 30.0. The van der Waals surface area contributed by atoms with E-state index in [0.29, 0.717) is 12.1 Å². The number of rotatable bonds is 5. The lowest BCUT2D eigenvalue weighted by Crippen LogP contribution is -2.43. The minimum atomic E-state index is -4.65. The molecule has 2 fully saturated rings. The maximum absolute atomic E-state index is 15.0. The van der Waals surface area contributed by atoms with E-state index >= 15 is 8.78 Å². The highest BCUT2D eigenvalue weighted by atomic mass is 35.5. The van der Waals surface area contributed by atoms with Crippen LogP contribution in [0.5, 0.6) is 0 Å². The fraction of sp³-hybridized carbons (Fsp3) is 0.462. The molecular weight excluding hydrogens is 561 g/mol. The molecule has 0 spiro atoms. The zero-order chi connectivity index (χ0) is 28.8. The quantitative estimate of drug-likeness (QED) is 0.344. The Hall–Kier alpha value is -3.48. The first-order valence-electron chi connectivity index (χ1n) is 12.5. The highest BCUT2D eigenvalue weighted by Gasteiger charge is 2.82. The van der Waals surface area contributed by atoms with Gasteiger partial charge in [0.2, 0.25) is 5.91 Å². The number of ether oxygens (including phenoxy) is 1. The molecule has 212 valence electrons. The van der Waals surface area contributed by atoms with Crippen molar-refractivity contribution in [1.82, 2.24) is 19.9 Å². The molecule has 3 aliphatic rings. The van der Waals surface area contributed by atoms with E-state index in [2.05, 4.69) is 15.4 Å². The molecule has 2 aliphatic heterocycles. The average molecular weight is 584 g/mol. The van der Waals surface area contributed by atoms with Gasteiger partial charge in [-0.2, -0.15) is 18.3 Å². The van der Waals surface area contributed by atoms with Crippen LogP contribution in [0.15, 0.2) is 36.5 Å². The molecule has 40 heavy (non-hydrogen) atoms. The molecule has 1 N–H and O–H groups in total. The van der Waals surface area contributed by atoms with Crippen molar-refractivity contribution in [3.05, 3.63) is 52.9 Å². The summed E-state index contributed by atoms with van der Waals surface area (Å²) < 4.78 is 79.1. The van der Waals surface area contributed by atoms with E-state index in [0.717, 1.165) is 18.4 Å². The summed E-state index contributed by atoms with van der Waals surface area (Å²) >= 11 is 5.95. The highest BCUT2D eigenvalue weighted by molar-refractivity contribution is 6.29. The molecule has 1 aliphatic carbocycles. The van der Waals surface area contributed by atoms with E-state index < -0.39 is 53.2 Å². The molecule has 1 aromatic carbocycles. The Morgan fingerprint density at radius 3 is 2.55 bits per heavy atom. The molecule has 4 heterocycles. The first-order chi connectivity index (χ1) is 18.7. The van der Waals surface area contributed by atoms with Gasteiger partial charge in [0.05, 0.1) is 36.0 Å². The Kier molecular flexibility index (Phi) is 5.69. The second kappa shape index (κ2) is 8.51. The van der Waals surface area contributed by atoms with E-state index in [-0.39, 0.29) is 40.9 Å². The van der Waals surface area contributed by atoms with Crippen molar-refractivity contribution in [3.8, 4) is 0 Å². The number of nitrogens with one attached hydrogen (secondary N) is 1. The summed E-state index contributed by atoms with van der Waals surface area (Å²) in [6.07, 6.45) is -2.94. The van der Waals surface area contributed by atoms with Gasteiger partial charge in [-0.3, -0.25) is 9.59 Å². The van der Waals surface area contributed by atoms with Crippen LogP contribution in [-0.2, 0) is 19.7 Å². The van der Waals surface area contributed by atoms with Gasteiger partial charge >= 0.3 is 12.1 Å². The van der Waals surface area contributed by atoms with Gasteiger partial charge in [-0.15, -0.1) is 0 Å². The van der Waals surface area contributed by atoms with E-state index in [1.807, 2.05) is 0 Å². The Morgan fingerprint density at radius 1 is 1.23 bits per heavy atom. The summed E-state index contributed by atoms with van der Waals surface area (Å²) in [6, 6.07) is 7.03. The molecule has 3 aromatic rings. The zero-order valence-electron chi connectivity index (χ0n) is 21.2. The minimum absolute atomic E-state index is 0.00569. The number of halogens is 6. The average Bonchev–Trinajstić information content (AvgIpc) is 3.35. The minimum Gasteiger partial charge on any atom is -0.465 e. The maximum atomic E-state index is 15.0. The van der Waals surface area contributed by atoms with Crippen molar-refractivity contribution in [2.45, 2.75) is 43.7 Å². The number of amides is 1. The third-order valence-electron chi connectivity index (χ3n) is 8.46. The maximum Gasteiger partial charge on any atom is 0.401 e. The van der Waals surface area contributed by atoms with Gasteiger partial charge in [0.25, 0.3) is 5.92 Å². The molecule has 1 saturated heterocycles. The lowest BCUT2D eigenvalue weighted by molar-refractivity contribution is -0.181. The number of hydrogen-bond donors (Lipinski definition) is 1. The van der Waals surface area contributed by atoms with Gasteiger partial charge < -0.3 is 15.0 Å². The van der Waals surface area contributed by atoms with E-state index in [1.165, 1.54) is 41.4 Å². The van der Waals surface area contributed by atoms with Crippen molar-refractivity contribution in [3.63, 3.8) is 0 Å². The van der Waals surface area contributed by atoms with E-state index in [1.54, 1.807) is 0 Å². The number of cyclic esters (lactones) is 1. The number of fused-ring (bicyclic) bond motifs is 3. The fourth-order valence-electron chi connectivity index (χ4n) is 5.87. The second-order valence-corrected chi connectivity index (χ2v) is 11.2. The smallest absolute Gasteiger partial charge is 0.401 e. The Labute approximate surface area is 229 Å². The van der Waals surface area contributed by atoms with Crippen LogP contribution in [0, 0.1) is 11.3 Å². The molecule has 8 nitrogen and oxygen atoms in total. The van der Waals surface area contributed by atoms with Gasteiger partial charge in [-0.1, -0.05) is 23.7 Å². The molecule has 1 unspecified atom stereocenters. The van der Waals surface area contributed by atoms with Gasteiger partial charge in [0.15, 0.2) is 10.8 Å². The SMILES string of the molecule is C[C@@]1(C(F)(F)F)CN(c2ccc([C@H]3C(F)(F)[C@]3(C)C(=O)NCC3CCOC3=O)cc2)c2cnc3cc(Cl)nn3c21. The Morgan fingerprint density at radius 2 is 1.93 bits per heavy atom. The van der Waals surface area contributed by atoms with Gasteiger partial charge in [-0.05, 0) is 38.0 Å². The number of alkyl halides is 5. The van der Waals surface area contributed by atoms with Crippen molar-refractivity contribution < 1.29 is 36.3 Å². The van der Waals surface area contributed by atoms with Crippen molar-refractivity contribution in [1.29, 1.82) is 0 Å². The normalized spacial score (nSPS) is 29.0. The predicted molar refractivity (Wildman–Crippen MR) is 133 cm³/mol. The zero-order valence-corrected chi connectivity index (χ0v) is 22.0. The third-order valence-corrected chi connectivity index (χ3v) is 8.64. The summed E-state index contributed by atoms with van der Waals surface area (Å²) in [6.45, 7) is 1.86. The number of benzene rings is 1. The molecule has 0 bridgehead atoms. The van der Waals surface area contributed by atoms with E-state index in [4.69, 9.17) is 16.3 Å². The number of hydrogen-bond acceptors (Lipinski definition) is 6. The number of aromatic nitrogens is 3. The first kappa shape index (κ1) is 26.7. The van der Waals surface area contributed by atoms with Crippen LogP contribution in [0.4, 0.5) is 33.3 Å². The topological polar surface area (TPSA) is 88.8 Å². The standard InChI is InChI=1S/C26H23ClF5N5O3/c1-23(26(30,31)32)12-36(16-11-33-18-9-17(27)35-37(18)20(16)23)15-5-3-13(4-6-15)19-24(2,25(19,28)29)22(39)34-10-14-7-8-40-21(14)38/h3-6,9,11,14,19H,7-8,10,12H2,1-2H3,(H,34,39)/t14?,19-,23-,24+/m1/s1. The van der Waals surface area contributed by atoms with E-state index in [9.17, 15) is 22.8 Å². The van der Waals surface area contributed by atoms with Crippen molar-refractivity contribution in [2.24, 2.45) is 11.3 Å². The molecule has 4 atom stereocenters. The fourth-order valence-corrected chi connectivity index (χ4v) is 6.04. The number of carbonyl (C=O) groups excluding carboxylic acids is 2. The Bertz CT molecular complexity index is 1540. The van der Waals surface area contributed by atoms with Crippen LogP contribution in [0.2, 0.25) is 5.15 Å². The monoisotopic (exact) mass is 583 g/mol. The molecule has 14 heteroatoms. The summed E-state index contributed by atoms with van der Waals surface area (Å²) in [5.74, 6) is -6.73. The predicted octanol–water partition coefficient (Wildman–Crippen LogP) is 4.77. The number of anilines is 2. The number of esters is 1. The Balaban J connectivity index is 1.28. The highest BCUT2D eigenvalue weighted by Crippen LogP contribution is 2.71. The molecule has 1 amide bonds.